The molecule has 2 atom stereocenters. The predicted octanol–water partition coefficient (Wildman–Crippen LogP) is 2.33. The summed E-state index contributed by atoms with van der Waals surface area (Å²) in [6.45, 7) is 4.41. The third-order valence-corrected chi connectivity index (χ3v) is 4.76. The van der Waals surface area contributed by atoms with Crippen LogP contribution in [0.3, 0.4) is 0 Å². The van der Waals surface area contributed by atoms with Crippen LogP contribution in [0.1, 0.15) is 6.92 Å². The highest BCUT2D eigenvalue weighted by molar-refractivity contribution is 7.66. The van der Waals surface area contributed by atoms with Crippen LogP contribution in [-0.2, 0) is 22.5 Å². The van der Waals surface area contributed by atoms with Crippen molar-refractivity contribution in [2.45, 2.75) is 6.92 Å². The maximum atomic E-state index is 11.3. The Bertz CT molecular complexity index is 226. The van der Waals surface area contributed by atoms with E-state index in [1.807, 2.05) is 0 Å². The van der Waals surface area contributed by atoms with Gasteiger partial charge in [0, 0.05) is 20.4 Å². The Morgan fingerprint density at radius 2 is 1.67 bits per heavy atom. The zero-order valence-electron chi connectivity index (χ0n) is 7.64. The molecule has 0 aromatic rings. The van der Waals surface area contributed by atoms with E-state index in [0.29, 0.717) is 0 Å². The minimum Gasteiger partial charge on any atom is -0.312 e. The van der Waals surface area contributed by atoms with Gasteiger partial charge in [-0.3, -0.25) is 9.13 Å². The van der Waals surface area contributed by atoms with E-state index in [4.69, 9.17) is 4.52 Å². The third kappa shape index (κ3) is 5.07. The van der Waals surface area contributed by atoms with Crippen molar-refractivity contribution in [1.82, 2.24) is 0 Å². The standard InChI is InChI=1S/C5H14O5P2/c1-5-9-12(4,7)10-11(3,6)8-2/h5H2,1-4H3. The Labute approximate surface area is 72.5 Å². The van der Waals surface area contributed by atoms with Crippen molar-refractivity contribution < 1.29 is 22.5 Å². The Balaban J connectivity index is 4.24. The second kappa shape index (κ2) is 4.54. The van der Waals surface area contributed by atoms with Crippen LogP contribution in [0, 0.1) is 0 Å². The molecule has 0 radical (unpaired) electrons. The molecular weight excluding hydrogens is 202 g/mol. The SMILES string of the molecule is CCOP(C)(=O)OP(C)(=O)OC. The van der Waals surface area contributed by atoms with Crippen molar-refractivity contribution in [3.63, 3.8) is 0 Å². The summed E-state index contributed by atoms with van der Waals surface area (Å²) in [6.07, 6.45) is 0. The first kappa shape index (κ1) is 12.3. The van der Waals surface area contributed by atoms with Gasteiger partial charge in [0.15, 0.2) is 0 Å². The van der Waals surface area contributed by atoms with Gasteiger partial charge < -0.3 is 9.05 Å². The maximum absolute atomic E-state index is 11.3. The summed E-state index contributed by atoms with van der Waals surface area (Å²) in [6, 6.07) is 0. The molecule has 7 heteroatoms. The smallest absolute Gasteiger partial charge is 0.312 e. The number of hydrogen-bond donors (Lipinski definition) is 0. The Morgan fingerprint density at radius 1 is 1.17 bits per heavy atom. The lowest BCUT2D eigenvalue weighted by Crippen LogP contribution is -1.93. The molecule has 0 rings (SSSR count). The molecule has 5 nitrogen and oxygen atoms in total. The van der Waals surface area contributed by atoms with E-state index in [0.717, 1.165) is 0 Å². The van der Waals surface area contributed by atoms with Crippen molar-refractivity contribution in [2.24, 2.45) is 0 Å². The van der Waals surface area contributed by atoms with Crippen molar-refractivity contribution in [2.75, 3.05) is 27.0 Å². The minimum absolute atomic E-state index is 0.248. The summed E-state index contributed by atoms with van der Waals surface area (Å²) in [4.78, 5) is 0. The Kier molecular flexibility index (Phi) is 4.67. The molecule has 0 fully saturated rings. The predicted molar refractivity (Wildman–Crippen MR) is 46.8 cm³/mol. The first-order chi connectivity index (χ1) is 5.33. The van der Waals surface area contributed by atoms with Gasteiger partial charge in [-0.15, -0.1) is 0 Å². The van der Waals surface area contributed by atoms with Crippen LogP contribution in [0.4, 0.5) is 0 Å². The van der Waals surface area contributed by atoms with Crippen molar-refractivity contribution in [1.29, 1.82) is 0 Å². The van der Waals surface area contributed by atoms with E-state index in [-0.39, 0.29) is 6.61 Å². The largest absolute Gasteiger partial charge is 0.334 e. The van der Waals surface area contributed by atoms with E-state index >= 15 is 0 Å². The van der Waals surface area contributed by atoms with Gasteiger partial charge >= 0.3 is 15.2 Å². The maximum Gasteiger partial charge on any atom is 0.334 e. The van der Waals surface area contributed by atoms with Crippen molar-refractivity contribution in [3.05, 3.63) is 0 Å². The van der Waals surface area contributed by atoms with Crippen molar-refractivity contribution >= 4 is 15.2 Å². The van der Waals surface area contributed by atoms with Gasteiger partial charge in [0.05, 0.1) is 6.61 Å². The number of hydrogen-bond acceptors (Lipinski definition) is 5. The second-order valence-corrected chi connectivity index (χ2v) is 6.59. The summed E-state index contributed by atoms with van der Waals surface area (Å²) in [5.74, 6) is 0. The lowest BCUT2D eigenvalue weighted by molar-refractivity contribution is 0.260. The van der Waals surface area contributed by atoms with E-state index in [2.05, 4.69) is 8.83 Å². The lowest BCUT2D eigenvalue weighted by atomic mass is 10.9. The van der Waals surface area contributed by atoms with E-state index in [1.54, 1.807) is 6.92 Å². The summed E-state index contributed by atoms with van der Waals surface area (Å²) in [5, 5.41) is 0. The monoisotopic (exact) mass is 216 g/mol. The molecule has 0 saturated carbocycles. The van der Waals surface area contributed by atoms with Gasteiger partial charge in [0.25, 0.3) is 0 Å². The molecular formula is C5H14O5P2. The first-order valence-electron chi connectivity index (χ1n) is 3.39. The normalized spacial score (nSPS) is 21.3. The van der Waals surface area contributed by atoms with E-state index in [9.17, 15) is 9.13 Å². The molecule has 0 saturated heterocycles. The van der Waals surface area contributed by atoms with Gasteiger partial charge in [-0.1, -0.05) is 0 Å². The molecule has 0 N–H and O–H groups in total. The second-order valence-electron chi connectivity index (χ2n) is 2.22. The van der Waals surface area contributed by atoms with Crippen LogP contribution < -0.4 is 0 Å². The fraction of sp³-hybridized carbons (Fsp3) is 1.00. The van der Waals surface area contributed by atoms with Gasteiger partial charge in [-0.05, 0) is 6.92 Å². The van der Waals surface area contributed by atoms with Crippen LogP contribution in [0.2, 0.25) is 0 Å². The summed E-state index contributed by atoms with van der Waals surface area (Å²) >= 11 is 0. The fourth-order valence-electron chi connectivity index (χ4n) is 0.561. The van der Waals surface area contributed by atoms with Crippen LogP contribution >= 0.6 is 15.2 Å². The van der Waals surface area contributed by atoms with E-state index < -0.39 is 15.2 Å². The van der Waals surface area contributed by atoms with Crippen LogP contribution in [0.15, 0.2) is 0 Å². The average Bonchev–Trinajstić information content (AvgIpc) is 1.85. The molecule has 2 unspecified atom stereocenters. The van der Waals surface area contributed by atoms with Gasteiger partial charge in [0.1, 0.15) is 0 Å². The summed E-state index contributed by atoms with van der Waals surface area (Å²) in [5.41, 5.74) is 0. The van der Waals surface area contributed by atoms with Crippen LogP contribution in [0.25, 0.3) is 0 Å². The highest BCUT2D eigenvalue weighted by Gasteiger charge is 2.27. The molecule has 0 aliphatic carbocycles. The molecule has 0 bridgehead atoms. The van der Waals surface area contributed by atoms with Gasteiger partial charge in [-0.25, -0.2) is 4.31 Å². The third-order valence-electron chi connectivity index (χ3n) is 0.992. The molecule has 0 aromatic heterocycles. The van der Waals surface area contributed by atoms with Crippen molar-refractivity contribution in [3.8, 4) is 0 Å². The molecule has 0 aliphatic rings. The average molecular weight is 216 g/mol. The van der Waals surface area contributed by atoms with Gasteiger partial charge in [-0.2, -0.15) is 0 Å². The highest BCUT2D eigenvalue weighted by atomic mass is 31.3. The quantitative estimate of drug-likeness (QED) is 0.660. The summed E-state index contributed by atoms with van der Waals surface area (Å²) in [7, 11) is -5.20. The fourth-order valence-corrected chi connectivity index (χ4v) is 3.64. The lowest BCUT2D eigenvalue weighted by Gasteiger charge is -2.16. The molecule has 0 amide bonds. The topological polar surface area (TPSA) is 61.8 Å². The van der Waals surface area contributed by atoms with Crippen LogP contribution in [-0.4, -0.2) is 27.0 Å². The minimum atomic E-state index is -3.22. The summed E-state index contributed by atoms with van der Waals surface area (Å²) < 4.78 is 36.4. The molecule has 0 spiro atoms. The Hall–Kier alpha value is 0.340. The Morgan fingerprint density at radius 3 is 2.00 bits per heavy atom. The van der Waals surface area contributed by atoms with E-state index in [1.165, 1.54) is 20.4 Å². The zero-order chi connectivity index (χ0) is 9.83. The molecule has 74 valence electrons. The van der Waals surface area contributed by atoms with Crippen LogP contribution in [0.5, 0.6) is 0 Å². The molecule has 0 heterocycles. The van der Waals surface area contributed by atoms with Gasteiger partial charge in [0.2, 0.25) is 0 Å². The molecule has 0 aromatic carbocycles. The zero-order valence-corrected chi connectivity index (χ0v) is 9.43. The molecule has 12 heavy (non-hydrogen) atoms. The highest BCUT2D eigenvalue weighted by Crippen LogP contribution is 2.60. The first-order valence-corrected chi connectivity index (χ1v) is 7.37. The molecule has 0 aliphatic heterocycles. The number of rotatable bonds is 5.